The molecule has 11 nitrogen and oxygen atoms in total. The third kappa shape index (κ3) is 12.0. The highest BCUT2D eigenvalue weighted by Crippen LogP contribution is 2.39. The molecule has 2 unspecified atom stereocenters. The number of amides is 4. The fraction of sp³-hybridized carbons (Fsp3) is 0.778. The highest BCUT2D eigenvalue weighted by Gasteiger charge is 2.42. The fourth-order valence-electron chi connectivity index (χ4n) is 5.09. The second kappa shape index (κ2) is 17.1. The van der Waals surface area contributed by atoms with E-state index in [1.54, 1.807) is 17.9 Å². The van der Waals surface area contributed by atoms with E-state index in [2.05, 4.69) is 31.6 Å². The molecule has 0 saturated carbocycles. The predicted octanol–water partition coefficient (Wildman–Crippen LogP) is 1.97. The number of unbranched alkanes of at least 4 members (excludes halogenated alkanes) is 5. The van der Waals surface area contributed by atoms with Crippen molar-refractivity contribution in [3.63, 3.8) is 0 Å². The van der Waals surface area contributed by atoms with Crippen molar-refractivity contribution in [3.8, 4) is 0 Å². The molecule has 2 aliphatic heterocycles. The SMILES string of the molecule is Cn1cc(CNC(=O)CCCCCNC(=O)CCCCCNC(=O)CCCC[C@@H]2SCC3CC(=O)NC32)nn1. The average Bonchev–Trinajstić information content (AvgIpc) is 3.60. The second-order valence-corrected chi connectivity index (χ2v) is 11.9. The number of hydrogen-bond acceptors (Lipinski definition) is 7. The fourth-order valence-corrected chi connectivity index (χ4v) is 6.74. The summed E-state index contributed by atoms with van der Waals surface area (Å²) in [5.74, 6) is 1.92. The third-order valence-corrected chi connectivity index (χ3v) is 8.85. The molecule has 4 N–H and O–H groups in total. The summed E-state index contributed by atoms with van der Waals surface area (Å²) in [6.45, 7) is 1.67. The van der Waals surface area contributed by atoms with Crippen LogP contribution in [-0.2, 0) is 32.8 Å². The highest BCUT2D eigenvalue weighted by molar-refractivity contribution is 8.00. The first kappa shape index (κ1) is 30.9. The first-order valence-electron chi connectivity index (χ1n) is 14.5. The molecule has 0 aliphatic carbocycles. The van der Waals surface area contributed by atoms with Crippen molar-refractivity contribution < 1.29 is 19.2 Å². The molecule has 2 saturated heterocycles. The Morgan fingerprint density at radius 1 is 0.923 bits per heavy atom. The van der Waals surface area contributed by atoms with Crippen LogP contribution in [0.25, 0.3) is 0 Å². The van der Waals surface area contributed by atoms with E-state index in [1.807, 2.05) is 11.8 Å². The zero-order valence-corrected chi connectivity index (χ0v) is 24.0. The van der Waals surface area contributed by atoms with Gasteiger partial charge >= 0.3 is 0 Å². The summed E-state index contributed by atoms with van der Waals surface area (Å²) in [5.41, 5.74) is 0.735. The molecular weight excluding hydrogens is 518 g/mol. The van der Waals surface area contributed by atoms with Gasteiger partial charge in [0, 0.05) is 63.3 Å². The Bertz CT molecular complexity index is 941. The lowest BCUT2D eigenvalue weighted by Crippen LogP contribution is -2.34. The maximum absolute atomic E-state index is 12.1. The van der Waals surface area contributed by atoms with Crippen molar-refractivity contribution in [1.82, 2.24) is 36.3 Å². The number of carbonyl (C=O) groups is 4. The van der Waals surface area contributed by atoms with Crippen molar-refractivity contribution in [1.29, 1.82) is 0 Å². The Morgan fingerprint density at radius 3 is 2.15 bits per heavy atom. The second-order valence-electron chi connectivity index (χ2n) is 10.7. The van der Waals surface area contributed by atoms with Gasteiger partial charge < -0.3 is 21.3 Å². The van der Waals surface area contributed by atoms with Gasteiger partial charge in [0.2, 0.25) is 23.6 Å². The molecule has 1 aromatic heterocycles. The first-order chi connectivity index (χ1) is 18.9. The lowest BCUT2D eigenvalue weighted by molar-refractivity contribution is -0.122. The number of rotatable bonds is 19. The number of carbonyl (C=O) groups excluding carboxylic acids is 4. The van der Waals surface area contributed by atoms with Crippen LogP contribution in [0, 0.1) is 5.92 Å². The van der Waals surface area contributed by atoms with Gasteiger partial charge in [0.05, 0.1) is 6.54 Å². The topological polar surface area (TPSA) is 147 Å². The van der Waals surface area contributed by atoms with Crippen molar-refractivity contribution in [2.45, 2.75) is 101 Å². The van der Waals surface area contributed by atoms with E-state index in [4.69, 9.17) is 0 Å². The summed E-state index contributed by atoms with van der Waals surface area (Å²) in [6, 6.07) is 0.338. The van der Waals surface area contributed by atoms with Crippen LogP contribution in [0.3, 0.4) is 0 Å². The van der Waals surface area contributed by atoms with Crippen LogP contribution in [0.15, 0.2) is 6.20 Å². The van der Waals surface area contributed by atoms with E-state index < -0.39 is 0 Å². The predicted molar refractivity (Wildman–Crippen MR) is 151 cm³/mol. The van der Waals surface area contributed by atoms with Crippen LogP contribution in [-0.4, -0.2) is 68.8 Å². The molecule has 3 rings (SSSR count). The van der Waals surface area contributed by atoms with E-state index in [1.165, 1.54) is 0 Å². The van der Waals surface area contributed by atoms with Gasteiger partial charge in [0.25, 0.3) is 0 Å². The minimum absolute atomic E-state index is 0.00126. The third-order valence-electron chi connectivity index (χ3n) is 7.27. The number of fused-ring (bicyclic) bond motifs is 1. The number of thioether (sulfide) groups is 1. The van der Waals surface area contributed by atoms with E-state index >= 15 is 0 Å². The highest BCUT2D eigenvalue weighted by atomic mass is 32.2. The summed E-state index contributed by atoms with van der Waals surface area (Å²) < 4.78 is 1.60. The molecule has 4 amide bonds. The standard InChI is InChI=1S/C27H45N7O4S/c1-34-18-21(32-33-34)17-30-25(37)12-5-3-9-14-28-23(35)11-4-2-8-15-29-24(36)13-7-6-10-22-27-20(19-39-22)16-26(38)31-27/h18,20,22,27H,2-17,19H2,1H3,(H,28,35)(H,29,36)(H,30,37)(H,31,38)/t20?,22-,27?/m0/s1. The molecule has 3 atom stereocenters. The van der Waals surface area contributed by atoms with Gasteiger partial charge in [-0.1, -0.05) is 24.5 Å². The minimum Gasteiger partial charge on any atom is -0.356 e. The number of aryl methyl sites for hydroxylation is 1. The zero-order valence-electron chi connectivity index (χ0n) is 23.2. The summed E-state index contributed by atoms with van der Waals surface area (Å²) >= 11 is 1.97. The monoisotopic (exact) mass is 563 g/mol. The minimum atomic E-state index is -0.00126. The van der Waals surface area contributed by atoms with Crippen LogP contribution >= 0.6 is 11.8 Å². The van der Waals surface area contributed by atoms with Gasteiger partial charge in [-0.2, -0.15) is 11.8 Å². The molecular formula is C27H45N7O4S. The lowest BCUT2D eigenvalue weighted by atomic mass is 9.97. The Kier molecular flexibility index (Phi) is 13.6. The summed E-state index contributed by atoms with van der Waals surface area (Å²) in [5, 5.41) is 20.1. The number of hydrogen-bond donors (Lipinski definition) is 4. The van der Waals surface area contributed by atoms with Gasteiger partial charge in [0.1, 0.15) is 5.69 Å². The molecule has 2 fully saturated rings. The molecule has 218 valence electrons. The van der Waals surface area contributed by atoms with Crippen molar-refractivity contribution in [2.24, 2.45) is 13.0 Å². The number of nitrogens with zero attached hydrogens (tertiary/aromatic N) is 3. The van der Waals surface area contributed by atoms with Crippen LogP contribution in [0.4, 0.5) is 0 Å². The Balaban J connectivity index is 1.05. The molecule has 0 bridgehead atoms. The van der Waals surface area contributed by atoms with Crippen molar-refractivity contribution >= 4 is 35.4 Å². The largest absolute Gasteiger partial charge is 0.356 e. The van der Waals surface area contributed by atoms with E-state index in [0.717, 1.165) is 69.2 Å². The zero-order chi connectivity index (χ0) is 27.9. The number of nitrogens with one attached hydrogen (secondary N) is 4. The van der Waals surface area contributed by atoms with E-state index in [0.29, 0.717) is 62.5 Å². The van der Waals surface area contributed by atoms with E-state index in [-0.39, 0.29) is 23.6 Å². The van der Waals surface area contributed by atoms with Crippen LogP contribution in [0.5, 0.6) is 0 Å². The summed E-state index contributed by atoms with van der Waals surface area (Å²) in [7, 11) is 1.79. The molecule has 3 heterocycles. The average molecular weight is 564 g/mol. The van der Waals surface area contributed by atoms with E-state index in [9.17, 15) is 19.2 Å². The van der Waals surface area contributed by atoms with Crippen molar-refractivity contribution in [3.05, 3.63) is 11.9 Å². The molecule has 0 aromatic carbocycles. The summed E-state index contributed by atoms with van der Waals surface area (Å²) in [6.07, 6.45) is 12.0. The van der Waals surface area contributed by atoms with Gasteiger partial charge in [-0.15, -0.1) is 5.10 Å². The summed E-state index contributed by atoms with van der Waals surface area (Å²) in [4.78, 5) is 47.5. The molecule has 0 spiro atoms. The molecule has 2 aliphatic rings. The van der Waals surface area contributed by atoms with Crippen LogP contribution in [0.1, 0.15) is 89.2 Å². The van der Waals surface area contributed by atoms with Gasteiger partial charge in [0.15, 0.2) is 0 Å². The smallest absolute Gasteiger partial charge is 0.220 e. The van der Waals surface area contributed by atoms with Crippen molar-refractivity contribution in [2.75, 3.05) is 18.8 Å². The molecule has 1 aromatic rings. The first-order valence-corrected chi connectivity index (χ1v) is 15.5. The Hall–Kier alpha value is -2.63. The number of aromatic nitrogens is 3. The molecule has 0 radical (unpaired) electrons. The normalized spacial score (nSPS) is 19.9. The van der Waals surface area contributed by atoms with Crippen LogP contribution in [0.2, 0.25) is 0 Å². The maximum Gasteiger partial charge on any atom is 0.220 e. The maximum atomic E-state index is 12.1. The molecule has 39 heavy (non-hydrogen) atoms. The van der Waals surface area contributed by atoms with Gasteiger partial charge in [-0.25, -0.2) is 0 Å². The quantitative estimate of drug-likeness (QED) is 0.188. The Labute approximate surface area is 235 Å². The van der Waals surface area contributed by atoms with Gasteiger partial charge in [-0.05, 0) is 50.2 Å². The lowest BCUT2D eigenvalue weighted by Gasteiger charge is -2.17. The van der Waals surface area contributed by atoms with Gasteiger partial charge in [-0.3, -0.25) is 23.9 Å². The molecule has 12 heteroatoms. The Morgan fingerprint density at radius 2 is 1.54 bits per heavy atom. The van der Waals surface area contributed by atoms with Crippen LogP contribution < -0.4 is 21.3 Å².